The maximum Gasteiger partial charge on any atom is 0.257 e. The van der Waals surface area contributed by atoms with Crippen molar-refractivity contribution in [1.82, 2.24) is 0 Å². The first kappa shape index (κ1) is 19.2. The molecule has 0 bridgehead atoms. The standard InChI is InChI=1S/C23H23N3O2/c1-16-12-13-19(14-17(16)2)25-22(27)15-24-21-11-7-6-10-20(21)23(28)26-18-8-4-3-5-9-18/h3-14,24H,15H2,1-2H3,(H,25,27)(H,26,28). The number of carbonyl (C=O) groups excluding carboxylic acids is 2. The van der Waals surface area contributed by atoms with Gasteiger partial charge in [-0.1, -0.05) is 36.4 Å². The summed E-state index contributed by atoms with van der Waals surface area (Å²) in [6.07, 6.45) is 0. The highest BCUT2D eigenvalue weighted by atomic mass is 16.2. The Labute approximate surface area is 164 Å². The Kier molecular flexibility index (Phi) is 6.07. The van der Waals surface area contributed by atoms with Crippen molar-refractivity contribution >= 4 is 28.9 Å². The number of rotatable bonds is 6. The van der Waals surface area contributed by atoms with Crippen molar-refractivity contribution in [3.63, 3.8) is 0 Å². The molecule has 0 aliphatic heterocycles. The molecule has 5 nitrogen and oxygen atoms in total. The lowest BCUT2D eigenvalue weighted by Crippen LogP contribution is -2.23. The fourth-order valence-corrected chi connectivity index (χ4v) is 2.76. The first-order chi connectivity index (χ1) is 13.5. The van der Waals surface area contributed by atoms with E-state index in [9.17, 15) is 9.59 Å². The zero-order valence-electron chi connectivity index (χ0n) is 16.0. The van der Waals surface area contributed by atoms with Crippen molar-refractivity contribution in [2.24, 2.45) is 0 Å². The van der Waals surface area contributed by atoms with Gasteiger partial charge in [0.25, 0.3) is 5.91 Å². The molecular weight excluding hydrogens is 350 g/mol. The van der Waals surface area contributed by atoms with Gasteiger partial charge in [0, 0.05) is 17.1 Å². The quantitative estimate of drug-likeness (QED) is 0.591. The molecule has 0 saturated carbocycles. The molecule has 0 heterocycles. The van der Waals surface area contributed by atoms with Crippen LogP contribution in [0.2, 0.25) is 0 Å². The summed E-state index contributed by atoms with van der Waals surface area (Å²) < 4.78 is 0. The van der Waals surface area contributed by atoms with Crippen LogP contribution in [-0.2, 0) is 4.79 Å². The van der Waals surface area contributed by atoms with Crippen molar-refractivity contribution < 1.29 is 9.59 Å². The third-order valence-corrected chi connectivity index (χ3v) is 4.43. The molecule has 0 aliphatic rings. The second kappa shape index (κ2) is 8.86. The smallest absolute Gasteiger partial charge is 0.257 e. The van der Waals surface area contributed by atoms with Crippen LogP contribution in [0.25, 0.3) is 0 Å². The van der Waals surface area contributed by atoms with Gasteiger partial charge in [0.2, 0.25) is 5.91 Å². The Bertz CT molecular complexity index is 984. The SMILES string of the molecule is Cc1ccc(NC(=O)CNc2ccccc2C(=O)Nc2ccccc2)cc1C. The van der Waals surface area contributed by atoms with Crippen molar-refractivity contribution in [2.45, 2.75) is 13.8 Å². The number of benzene rings is 3. The van der Waals surface area contributed by atoms with Crippen LogP contribution >= 0.6 is 0 Å². The van der Waals surface area contributed by atoms with Crippen LogP contribution in [0, 0.1) is 13.8 Å². The molecule has 0 aliphatic carbocycles. The molecule has 0 aromatic heterocycles. The van der Waals surface area contributed by atoms with Gasteiger partial charge in [-0.05, 0) is 61.4 Å². The molecule has 0 atom stereocenters. The number of nitrogens with one attached hydrogen (secondary N) is 3. The van der Waals surface area contributed by atoms with Gasteiger partial charge in [0.1, 0.15) is 0 Å². The van der Waals surface area contributed by atoms with Crippen molar-refractivity contribution in [3.05, 3.63) is 89.5 Å². The van der Waals surface area contributed by atoms with Crippen LogP contribution in [0.3, 0.4) is 0 Å². The summed E-state index contributed by atoms with van der Waals surface area (Å²) in [5.41, 5.74) is 4.85. The van der Waals surface area contributed by atoms with E-state index in [0.717, 1.165) is 16.9 Å². The van der Waals surface area contributed by atoms with Crippen LogP contribution in [0.15, 0.2) is 72.8 Å². The summed E-state index contributed by atoms with van der Waals surface area (Å²) in [6, 6.07) is 22.2. The molecule has 0 unspecified atom stereocenters. The molecule has 0 fully saturated rings. The van der Waals surface area contributed by atoms with E-state index in [-0.39, 0.29) is 18.4 Å². The molecular formula is C23H23N3O2. The van der Waals surface area contributed by atoms with Crippen LogP contribution in [0.1, 0.15) is 21.5 Å². The van der Waals surface area contributed by atoms with E-state index in [4.69, 9.17) is 0 Å². The zero-order valence-corrected chi connectivity index (χ0v) is 16.0. The minimum atomic E-state index is -0.233. The Morgan fingerprint density at radius 3 is 2.21 bits per heavy atom. The second-order valence-electron chi connectivity index (χ2n) is 6.57. The summed E-state index contributed by atoms with van der Waals surface area (Å²) >= 11 is 0. The van der Waals surface area contributed by atoms with Gasteiger partial charge in [0.15, 0.2) is 0 Å². The van der Waals surface area contributed by atoms with Crippen LogP contribution in [0.4, 0.5) is 17.1 Å². The second-order valence-corrected chi connectivity index (χ2v) is 6.57. The fourth-order valence-electron chi connectivity index (χ4n) is 2.76. The van der Waals surface area contributed by atoms with Crippen molar-refractivity contribution in [2.75, 3.05) is 22.5 Å². The fraction of sp³-hybridized carbons (Fsp3) is 0.130. The number of amides is 2. The van der Waals surface area contributed by atoms with Gasteiger partial charge in [0.05, 0.1) is 12.1 Å². The maximum absolute atomic E-state index is 12.6. The molecule has 0 spiro atoms. The molecule has 3 N–H and O–H groups in total. The van der Waals surface area contributed by atoms with Crippen LogP contribution in [-0.4, -0.2) is 18.4 Å². The molecule has 142 valence electrons. The molecule has 28 heavy (non-hydrogen) atoms. The number of hydrogen-bond acceptors (Lipinski definition) is 3. The molecule has 0 radical (unpaired) electrons. The average Bonchev–Trinajstić information content (AvgIpc) is 2.70. The molecule has 0 saturated heterocycles. The maximum atomic E-state index is 12.6. The van der Waals surface area contributed by atoms with Gasteiger partial charge in [-0.25, -0.2) is 0 Å². The molecule has 3 aromatic rings. The number of aryl methyl sites for hydroxylation is 2. The molecule has 3 aromatic carbocycles. The summed E-state index contributed by atoms with van der Waals surface area (Å²) in [6.45, 7) is 4.09. The lowest BCUT2D eigenvalue weighted by atomic mass is 10.1. The van der Waals surface area contributed by atoms with Gasteiger partial charge >= 0.3 is 0 Å². The van der Waals surface area contributed by atoms with Crippen molar-refractivity contribution in [3.8, 4) is 0 Å². The van der Waals surface area contributed by atoms with E-state index in [1.54, 1.807) is 18.2 Å². The van der Waals surface area contributed by atoms with E-state index in [1.165, 1.54) is 5.56 Å². The predicted octanol–water partition coefficient (Wildman–Crippen LogP) is 4.61. The van der Waals surface area contributed by atoms with Crippen LogP contribution in [0.5, 0.6) is 0 Å². The highest BCUT2D eigenvalue weighted by Gasteiger charge is 2.12. The van der Waals surface area contributed by atoms with Gasteiger partial charge in [-0.15, -0.1) is 0 Å². The van der Waals surface area contributed by atoms with E-state index >= 15 is 0 Å². The summed E-state index contributed by atoms with van der Waals surface area (Å²) in [5, 5.41) is 8.78. The molecule has 5 heteroatoms. The van der Waals surface area contributed by atoms with E-state index in [2.05, 4.69) is 16.0 Å². The molecule has 3 rings (SSSR count). The van der Waals surface area contributed by atoms with E-state index < -0.39 is 0 Å². The third-order valence-electron chi connectivity index (χ3n) is 4.43. The first-order valence-electron chi connectivity index (χ1n) is 9.09. The largest absolute Gasteiger partial charge is 0.376 e. The lowest BCUT2D eigenvalue weighted by molar-refractivity contribution is -0.114. The summed E-state index contributed by atoms with van der Waals surface area (Å²) in [7, 11) is 0. The summed E-state index contributed by atoms with van der Waals surface area (Å²) in [5.74, 6) is -0.412. The zero-order chi connectivity index (χ0) is 19.9. The highest BCUT2D eigenvalue weighted by Crippen LogP contribution is 2.18. The Morgan fingerprint density at radius 2 is 1.46 bits per heavy atom. The first-order valence-corrected chi connectivity index (χ1v) is 9.09. The van der Waals surface area contributed by atoms with E-state index in [1.807, 2.05) is 68.4 Å². The Balaban J connectivity index is 1.63. The number of hydrogen-bond donors (Lipinski definition) is 3. The normalized spacial score (nSPS) is 10.2. The van der Waals surface area contributed by atoms with Gasteiger partial charge in [-0.3, -0.25) is 9.59 Å². The van der Waals surface area contributed by atoms with Crippen LogP contribution < -0.4 is 16.0 Å². The molecule has 2 amide bonds. The average molecular weight is 373 g/mol. The Hall–Kier alpha value is -3.60. The van der Waals surface area contributed by atoms with Gasteiger partial charge in [-0.2, -0.15) is 0 Å². The number of para-hydroxylation sites is 2. The minimum Gasteiger partial charge on any atom is -0.376 e. The van der Waals surface area contributed by atoms with Gasteiger partial charge < -0.3 is 16.0 Å². The number of carbonyl (C=O) groups is 2. The lowest BCUT2D eigenvalue weighted by Gasteiger charge is -2.13. The van der Waals surface area contributed by atoms with Crippen molar-refractivity contribution in [1.29, 1.82) is 0 Å². The topological polar surface area (TPSA) is 70.2 Å². The predicted molar refractivity (Wildman–Crippen MR) is 114 cm³/mol. The minimum absolute atomic E-state index is 0.0581. The summed E-state index contributed by atoms with van der Waals surface area (Å²) in [4.78, 5) is 24.9. The number of anilines is 3. The monoisotopic (exact) mass is 373 g/mol. The highest BCUT2D eigenvalue weighted by molar-refractivity contribution is 6.08. The third kappa shape index (κ3) is 4.98. The van der Waals surface area contributed by atoms with E-state index in [0.29, 0.717) is 11.3 Å². The Morgan fingerprint density at radius 1 is 0.750 bits per heavy atom.